The third-order valence-electron chi connectivity index (χ3n) is 2.53. The highest BCUT2D eigenvalue weighted by Crippen LogP contribution is 2.24. The lowest BCUT2D eigenvalue weighted by Crippen LogP contribution is -2.06. The minimum absolute atomic E-state index is 0.0207. The zero-order chi connectivity index (χ0) is 14.0. The van der Waals surface area contributed by atoms with Crippen LogP contribution >= 0.6 is 15.9 Å². The number of benzene rings is 2. The average Bonchev–Trinajstić information content (AvgIpc) is 2.34. The lowest BCUT2D eigenvalue weighted by molar-refractivity contribution is 0.558. The molecule has 0 spiro atoms. The van der Waals surface area contributed by atoms with E-state index in [4.69, 9.17) is 0 Å². The molecule has 0 aliphatic rings. The SMILES string of the molecule is Fc1cc(NCc2c(F)cccc2F)c(F)cc1Br. The third kappa shape index (κ3) is 3.07. The van der Waals surface area contributed by atoms with Gasteiger partial charge in [0.25, 0.3) is 0 Å². The van der Waals surface area contributed by atoms with Crippen molar-refractivity contribution in [3.63, 3.8) is 0 Å². The maximum absolute atomic E-state index is 13.5. The van der Waals surface area contributed by atoms with E-state index >= 15 is 0 Å². The van der Waals surface area contributed by atoms with E-state index in [0.29, 0.717) is 0 Å². The van der Waals surface area contributed by atoms with E-state index in [9.17, 15) is 17.6 Å². The van der Waals surface area contributed by atoms with Gasteiger partial charge >= 0.3 is 0 Å². The smallest absolute Gasteiger partial charge is 0.147 e. The molecule has 2 rings (SSSR count). The van der Waals surface area contributed by atoms with Gasteiger partial charge in [-0.3, -0.25) is 0 Å². The largest absolute Gasteiger partial charge is 0.378 e. The molecule has 0 aromatic heterocycles. The first-order valence-electron chi connectivity index (χ1n) is 5.30. The summed E-state index contributed by atoms with van der Waals surface area (Å²) in [7, 11) is 0. The van der Waals surface area contributed by atoms with Crippen molar-refractivity contribution in [2.75, 3.05) is 5.32 Å². The fourth-order valence-corrected chi connectivity index (χ4v) is 1.86. The summed E-state index contributed by atoms with van der Waals surface area (Å²) in [5.74, 6) is -2.88. The Morgan fingerprint density at radius 1 is 0.895 bits per heavy atom. The molecule has 0 saturated heterocycles. The number of nitrogens with one attached hydrogen (secondary N) is 1. The zero-order valence-corrected chi connectivity index (χ0v) is 11.1. The summed E-state index contributed by atoms with van der Waals surface area (Å²) in [5, 5.41) is 2.46. The third-order valence-corrected chi connectivity index (χ3v) is 3.13. The van der Waals surface area contributed by atoms with Crippen LogP contribution in [0.1, 0.15) is 5.56 Å². The van der Waals surface area contributed by atoms with Crippen molar-refractivity contribution in [1.29, 1.82) is 0 Å². The molecule has 0 saturated carbocycles. The van der Waals surface area contributed by atoms with Gasteiger partial charge in [0.05, 0.1) is 10.2 Å². The molecule has 2 aromatic rings. The van der Waals surface area contributed by atoms with Gasteiger partial charge in [-0.15, -0.1) is 0 Å². The van der Waals surface area contributed by atoms with Gasteiger partial charge in [-0.2, -0.15) is 0 Å². The Morgan fingerprint density at radius 2 is 1.53 bits per heavy atom. The maximum atomic E-state index is 13.5. The Bertz CT molecular complexity index is 596. The molecule has 1 nitrogen and oxygen atoms in total. The van der Waals surface area contributed by atoms with Crippen LogP contribution in [0.15, 0.2) is 34.8 Å². The van der Waals surface area contributed by atoms with E-state index in [1.54, 1.807) is 0 Å². The minimum atomic E-state index is -0.745. The molecule has 6 heteroatoms. The summed E-state index contributed by atoms with van der Waals surface area (Å²) >= 11 is 2.84. The average molecular weight is 334 g/mol. The van der Waals surface area contributed by atoms with E-state index in [1.165, 1.54) is 6.07 Å². The van der Waals surface area contributed by atoms with Crippen LogP contribution in [-0.2, 0) is 6.54 Å². The van der Waals surface area contributed by atoms with Gasteiger partial charge < -0.3 is 5.32 Å². The topological polar surface area (TPSA) is 12.0 Å². The van der Waals surface area contributed by atoms with Gasteiger partial charge in [0.1, 0.15) is 23.3 Å². The lowest BCUT2D eigenvalue weighted by Gasteiger charge is -2.10. The van der Waals surface area contributed by atoms with E-state index in [0.717, 1.165) is 24.3 Å². The predicted octanol–water partition coefficient (Wildman–Crippen LogP) is 4.62. The van der Waals surface area contributed by atoms with E-state index in [2.05, 4.69) is 21.2 Å². The van der Waals surface area contributed by atoms with Crippen LogP contribution < -0.4 is 5.32 Å². The molecule has 0 heterocycles. The number of halogens is 5. The molecule has 0 atom stereocenters. The molecule has 0 unspecified atom stereocenters. The molecular weight excluding hydrogens is 326 g/mol. The van der Waals surface area contributed by atoms with Crippen LogP contribution in [0.3, 0.4) is 0 Å². The fraction of sp³-hybridized carbons (Fsp3) is 0.0769. The summed E-state index contributed by atoms with van der Waals surface area (Å²) in [4.78, 5) is 0. The fourth-order valence-electron chi connectivity index (χ4n) is 1.54. The highest BCUT2D eigenvalue weighted by atomic mass is 79.9. The highest BCUT2D eigenvalue weighted by molar-refractivity contribution is 9.10. The Balaban J connectivity index is 2.22. The van der Waals surface area contributed by atoms with E-state index < -0.39 is 23.3 Å². The predicted molar refractivity (Wildman–Crippen MR) is 67.7 cm³/mol. The van der Waals surface area contributed by atoms with E-state index in [1.807, 2.05) is 0 Å². The molecule has 0 bridgehead atoms. The van der Waals surface area contributed by atoms with Crippen molar-refractivity contribution >= 4 is 21.6 Å². The Labute approximate surface area is 115 Å². The second-order valence-corrected chi connectivity index (χ2v) is 4.65. The summed E-state index contributed by atoms with van der Waals surface area (Å²) in [6.07, 6.45) is 0. The van der Waals surface area contributed by atoms with E-state index in [-0.39, 0.29) is 22.3 Å². The first kappa shape index (κ1) is 13.9. The molecule has 1 N–H and O–H groups in total. The normalized spacial score (nSPS) is 10.6. The highest BCUT2D eigenvalue weighted by Gasteiger charge is 2.11. The van der Waals surface area contributed by atoms with Crippen molar-refractivity contribution in [2.45, 2.75) is 6.54 Å². The zero-order valence-electron chi connectivity index (χ0n) is 9.48. The molecule has 2 aromatic carbocycles. The van der Waals surface area contributed by atoms with Crippen LogP contribution in [-0.4, -0.2) is 0 Å². The van der Waals surface area contributed by atoms with Crippen LogP contribution in [0.4, 0.5) is 23.2 Å². The van der Waals surface area contributed by atoms with Crippen molar-refractivity contribution in [3.8, 4) is 0 Å². The van der Waals surface area contributed by atoms with Crippen molar-refractivity contribution < 1.29 is 17.6 Å². The van der Waals surface area contributed by atoms with Gasteiger partial charge in [-0.1, -0.05) is 6.07 Å². The van der Waals surface area contributed by atoms with Gasteiger partial charge in [-0.25, -0.2) is 17.6 Å². The molecule has 0 amide bonds. The van der Waals surface area contributed by atoms with Crippen molar-refractivity contribution in [3.05, 3.63) is 63.6 Å². The van der Waals surface area contributed by atoms with Crippen LogP contribution in [0.25, 0.3) is 0 Å². The molecule has 0 aliphatic carbocycles. The van der Waals surface area contributed by atoms with Crippen molar-refractivity contribution in [1.82, 2.24) is 0 Å². The van der Waals surface area contributed by atoms with Gasteiger partial charge in [0.15, 0.2) is 0 Å². The van der Waals surface area contributed by atoms with Crippen LogP contribution in [0.2, 0.25) is 0 Å². The summed E-state index contributed by atoms with van der Waals surface area (Å²) in [5.41, 5.74) is -0.395. The summed E-state index contributed by atoms with van der Waals surface area (Å²) < 4.78 is 53.4. The summed E-state index contributed by atoms with van der Waals surface area (Å²) in [6.45, 7) is -0.281. The molecule has 19 heavy (non-hydrogen) atoms. The first-order valence-corrected chi connectivity index (χ1v) is 6.09. The maximum Gasteiger partial charge on any atom is 0.147 e. The van der Waals surface area contributed by atoms with Gasteiger partial charge in [0, 0.05) is 18.2 Å². The van der Waals surface area contributed by atoms with Crippen LogP contribution in [0, 0.1) is 23.3 Å². The first-order chi connectivity index (χ1) is 8.99. The molecule has 100 valence electrons. The molecule has 0 fully saturated rings. The minimum Gasteiger partial charge on any atom is -0.378 e. The number of rotatable bonds is 3. The Kier molecular flexibility index (Phi) is 4.09. The second-order valence-electron chi connectivity index (χ2n) is 3.80. The second kappa shape index (κ2) is 5.61. The molecule has 0 radical (unpaired) electrons. The number of hydrogen-bond acceptors (Lipinski definition) is 1. The van der Waals surface area contributed by atoms with Gasteiger partial charge in [-0.05, 0) is 34.1 Å². The Hall–Kier alpha value is -1.56. The molecular formula is C13H8BrF4N. The van der Waals surface area contributed by atoms with Gasteiger partial charge in [0.2, 0.25) is 0 Å². The number of hydrogen-bond donors (Lipinski definition) is 1. The summed E-state index contributed by atoms with van der Waals surface area (Å²) in [6, 6.07) is 5.28. The Morgan fingerprint density at radius 3 is 2.16 bits per heavy atom. The standard InChI is InChI=1S/C13H8BrF4N/c14-8-4-12(18)13(5-11(8)17)19-6-7-9(15)2-1-3-10(7)16/h1-5,19H,6H2. The lowest BCUT2D eigenvalue weighted by atomic mass is 10.2. The monoisotopic (exact) mass is 333 g/mol. The van der Waals surface area contributed by atoms with Crippen molar-refractivity contribution in [2.24, 2.45) is 0 Å². The number of anilines is 1. The quantitative estimate of drug-likeness (QED) is 0.638. The van der Waals surface area contributed by atoms with Crippen LogP contribution in [0.5, 0.6) is 0 Å². The molecule has 0 aliphatic heterocycles.